The van der Waals surface area contributed by atoms with Crippen LogP contribution in [0.5, 0.6) is 0 Å². The van der Waals surface area contributed by atoms with Crippen molar-refractivity contribution in [1.29, 1.82) is 0 Å². The minimum Gasteiger partial charge on any atom is -0.264 e. The first kappa shape index (κ1) is 39.8. The number of nitrogens with zero attached hydrogens (tertiary/aromatic N) is 6. The number of hydrogen-bond acceptors (Lipinski definition) is 6. The van der Waals surface area contributed by atoms with Crippen molar-refractivity contribution in [2.45, 2.75) is 0 Å². The van der Waals surface area contributed by atoms with Gasteiger partial charge >= 0.3 is 0 Å². The predicted octanol–water partition coefficient (Wildman–Crippen LogP) is 14.7. The molecule has 0 radical (unpaired) electrons. The molecule has 310 valence electrons. The Balaban J connectivity index is 0.930. The van der Waals surface area contributed by atoms with Crippen LogP contribution in [0.25, 0.3) is 113 Å². The molecule has 0 bridgehead atoms. The fraction of sp³-hybridized carbons (Fsp3) is 0. The molecule has 0 aliphatic carbocycles. The molecule has 0 unspecified atom stereocenters. The van der Waals surface area contributed by atoms with E-state index in [2.05, 4.69) is 187 Å². The Hall–Kier alpha value is -9.00. The highest BCUT2D eigenvalue weighted by Gasteiger charge is 2.15. The van der Waals surface area contributed by atoms with Gasteiger partial charge in [0.25, 0.3) is 0 Å². The van der Waals surface area contributed by atoms with Crippen LogP contribution in [0, 0.1) is 0 Å². The van der Waals surface area contributed by atoms with Crippen molar-refractivity contribution in [2.75, 3.05) is 0 Å². The molecule has 0 N–H and O–H groups in total. The molecule has 8 aromatic carbocycles. The number of benzene rings is 8. The fourth-order valence-electron chi connectivity index (χ4n) is 8.15. The third-order valence-corrected chi connectivity index (χ3v) is 11.7. The van der Waals surface area contributed by atoms with Crippen LogP contribution in [0.2, 0.25) is 0 Å². The summed E-state index contributed by atoms with van der Waals surface area (Å²) in [5.41, 5.74) is 16.2. The Morgan fingerprint density at radius 3 is 0.985 bits per heavy atom. The van der Waals surface area contributed by atoms with Crippen molar-refractivity contribution in [2.24, 2.45) is 0 Å². The van der Waals surface area contributed by atoms with Crippen molar-refractivity contribution in [3.8, 4) is 113 Å². The normalized spacial score (nSPS) is 11.0. The lowest BCUT2D eigenvalue weighted by molar-refractivity contribution is 1.07. The first-order chi connectivity index (χ1) is 32.7. The molecular weight excluding hydrogens is 805 g/mol. The molecule has 0 saturated heterocycles. The molecule has 3 heterocycles. The maximum absolute atomic E-state index is 5.10. The molecule has 0 aliphatic heterocycles. The van der Waals surface area contributed by atoms with Crippen LogP contribution >= 0.6 is 0 Å². The van der Waals surface area contributed by atoms with Crippen LogP contribution in [0.4, 0.5) is 0 Å². The fourth-order valence-corrected chi connectivity index (χ4v) is 8.15. The van der Waals surface area contributed by atoms with Gasteiger partial charge < -0.3 is 0 Å². The largest absolute Gasteiger partial charge is 0.264 e. The first-order valence-corrected chi connectivity index (χ1v) is 21.9. The standard InChI is InChI=1S/C60H40N6/c1-4-12-41(13-5-1)43-25-33-50(34-26-43)58-64-59(51-35-27-44(28-36-51)42-14-6-2-7-15-42)66-60(65-58)53-19-10-18-52(38-53)45-21-29-47(30-22-45)55-39-56(63-57(62-55)49-16-8-3-9-17-49)48-31-23-46(24-32-48)54-20-11-37-61-40-54/h1-40H. The number of pyridine rings is 1. The second-order valence-electron chi connectivity index (χ2n) is 16.0. The average molecular weight is 845 g/mol. The van der Waals surface area contributed by atoms with Crippen molar-refractivity contribution >= 4 is 0 Å². The molecule has 0 saturated carbocycles. The maximum Gasteiger partial charge on any atom is 0.164 e. The van der Waals surface area contributed by atoms with Gasteiger partial charge in [-0.05, 0) is 62.7 Å². The first-order valence-electron chi connectivity index (χ1n) is 21.9. The summed E-state index contributed by atoms with van der Waals surface area (Å²) in [6, 6.07) is 79.2. The topological polar surface area (TPSA) is 77.3 Å². The van der Waals surface area contributed by atoms with Crippen molar-refractivity contribution in [3.05, 3.63) is 243 Å². The summed E-state index contributed by atoms with van der Waals surface area (Å²) in [7, 11) is 0. The SMILES string of the molecule is c1ccc(-c2ccc(-c3nc(-c4ccc(-c5ccccc5)cc4)nc(-c4cccc(-c5ccc(-c6cc(-c7ccc(-c8cccnc8)cc7)nc(-c7ccccc7)n6)cc5)c4)n3)cc2)cc1. The average Bonchev–Trinajstić information content (AvgIpc) is 3.42. The quantitative estimate of drug-likeness (QED) is 0.136. The predicted molar refractivity (Wildman–Crippen MR) is 268 cm³/mol. The molecule has 3 aromatic heterocycles. The third-order valence-electron chi connectivity index (χ3n) is 11.7. The van der Waals surface area contributed by atoms with E-state index in [9.17, 15) is 0 Å². The van der Waals surface area contributed by atoms with Gasteiger partial charge in [-0.2, -0.15) is 0 Å². The van der Waals surface area contributed by atoms with Crippen molar-refractivity contribution in [3.63, 3.8) is 0 Å². The lowest BCUT2D eigenvalue weighted by Gasteiger charge is -2.12. The smallest absolute Gasteiger partial charge is 0.164 e. The van der Waals surface area contributed by atoms with Crippen molar-refractivity contribution < 1.29 is 0 Å². The van der Waals surface area contributed by atoms with E-state index in [1.165, 1.54) is 0 Å². The highest BCUT2D eigenvalue weighted by molar-refractivity contribution is 5.78. The monoisotopic (exact) mass is 844 g/mol. The summed E-state index contributed by atoms with van der Waals surface area (Å²) < 4.78 is 0. The van der Waals surface area contributed by atoms with Crippen LogP contribution in [0.1, 0.15) is 0 Å². The Labute approximate surface area is 383 Å². The van der Waals surface area contributed by atoms with Gasteiger partial charge in [0.1, 0.15) is 0 Å². The van der Waals surface area contributed by atoms with E-state index in [-0.39, 0.29) is 0 Å². The molecule has 6 heteroatoms. The summed E-state index contributed by atoms with van der Waals surface area (Å²) in [5.74, 6) is 2.50. The molecule has 0 fully saturated rings. The summed E-state index contributed by atoms with van der Waals surface area (Å²) in [6.45, 7) is 0. The molecule has 0 atom stereocenters. The van der Waals surface area contributed by atoms with Gasteiger partial charge in [-0.15, -0.1) is 0 Å². The molecule has 6 nitrogen and oxygen atoms in total. The van der Waals surface area contributed by atoms with Gasteiger partial charge in [-0.3, -0.25) is 4.98 Å². The van der Waals surface area contributed by atoms with E-state index in [1.54, 1.807) is 6.20 Å². The summed E-state index contributed by atoms with van der Waals surface area (Å²) in [6.07, 6.45) is 3.67. The minimum absolute atomic E-state index is 0.600. The Morgan fingerprint density at radius 2 is 0.515 bits per heavy atom. The Kier molecular flexibility index (Phi) is 10.9. The molecule has 0 amide bonds. The van der Waals surface area contributed by atoms with Gasteiger partial charge in [0.05, 0.1) is 11.4 Å². The second kappa shape index (κ2) is 18.0. The van der Waals surface area contributed by atoms with E-state index in [0.29, 0.717) is 23.3 Å². The van der Waals surface area contributed by atoms with Crippen LogP contribution in [0.3, 0.4) is 0 Å². The summed E-state index contributed by atoms with van der Waals surface area (Å²) in [5, 5.41) is 0. The maximum atomic E-state index is 5.10. The van der Waals surface area contributed by atoms with Crippen LogP contribution in [0.15, 0.2) is 243 Å². The molecular formula is C60H40N6. The lowest BCUT2D eigenvalue weighted by atomic mass is 9.99. The number of rotatable bonds is 10. The Bertz CT molecular complexity index is 3300. The highest BCUT2D eigenvalue weighted by atomic mass is 15.0. The van der Waals surface area contributed by atoms with Crippen molar-refractivity contribution in [1.82, 2.24) is 29.9 Å². The summed E-state index contributed by atoms with van der Waals surface area (Å²) in [4.78, 5) is 29.7. The lowest BCUT2D eigenvalue weighted by Crippen LogP contribution is -2.00. The van der Waals surface area contributed by atoms with Crippen LogP contribution in [-0.2, 0) is 0 Å². The zero-order valence-electron chi connectivity index (χ0n) is 35.8. The third kappa shape index (κ3) is 8.54. The number of aromatic nitrogens is 6. The van der Waals surface area contributed by atoms with Crippen LogP contribution < -0.4 is 0 Å². The highest BCUT2D eigenvalue weighted by Crippen LogP contribution is 2.33. The zero-order chi connectivity index (χ0) is 44.1. The van der Waals surface area contributed by atoms with Gasteiger partial charge in [0.15, 0.2) is 23.3 Å². The molecule has 11 aromatic rings. The van der Waals surface area contributed by atoms with E-state index < -0.39 is 0 Å². The van der Waals surface area contributed by atoms with Gasteiger partial charge in [0, 0.05) is 45.8 Å². The second-order valence-corrected chi connectivity index (χ2v) is 16.0. The van der Waals surface area contributed by atoms with E-state index >= 15 is 0 Å². The zero-order valence-corrected chi connectivity index (χ0v) is 35.8. The van der Waals surface area contributed by atoms with Crippen LogP contribution in [-0.4, -0.2) is 29.9 Å². The van der Waals surface area contributed by atoms with E-state index in [4.69, 9.17) is 24.9 Å². The summed E-state index contributed by atoms with van der Waals surface area (Å²) >= 11 is 0. The minimum atomic E-state index is 0.600. The van der Waals surface area contributed by atoms with E-state index in [0.717, 1.165) is 89.3 Å². The van der Waals surface area contributed by atoms with E-state index in [1.807, 2.05) is 54.7 Å². The molecule has 66 heavy (non-hydrogen) atoms. The van der Waals surface area contributed by atoms with Gasteiger partial charge in [0.2, 0.25) is 0 Å². The molecule has 0 aliphatic rings. The number of hydrogen-bond donors (Lipinski definition) is 0. The molecule has 0 spiro atoms. The van der Waals surface area contributed by atoms with Gasteiger partial charge in [-0.25, -0.2) is 24.9 Å². The van der Waals surface area contributed by atoms with Gasteiger partial charge in [-0.1, -0.05) is 212 Å². The molecule has 11 rings (SSSR count). The Morgan fingerprint density at radius 1 is 0.197 bits per heavy atom.